The highest BCUT2D eigenvalue weighted by Gasteiger charge is 2.20. The van der Waals surface area contributed by atoms with Crippen molar-refractivity contribution in [2.24, 2.45) is 5.92 Å². The van der Waals surface area contributed by atoms with Crippen LogP contribution in [0.1, 0.15) is 33.6 Å². The van der Waals surface area contributed by atoms with Gasteiger partial charge in [0.15, 0.2) is 11.5 Å². The summed E-state index contributed by atoms with van der Waals surface area (Å²) in [5, 5.41) is 30.7. The Morgan fingerprint density at radius 3 is 2.83 bits per heavy atom. The summed E-state index contributed by atoms with van der Waals surface area (Å²) >= 11 is 1.61. The van der Waals surface area contributed by atoms with Crippen LogP contribution >= 0.6 is 11.3 Å². The summed E-state index contributed by atoms with van der Waals surface area (Å²) in [6.45, 7) is 6.64. The zero-order valence-corrected chi connectivity index (χ0v) is 15.0. The Balaban J connectivity index is 1.75. The molecule has 0 saturated carbocycles. The predicted octanol–water partition coefficient (Wildman–Crippen LogP) is 3.45. The van der Waals surface area contributed by atoms with E-state index in [1.165, 1.54) is 0 Å². The molecule has 0 aliphatic heterocycles. The average Bonchev–Trinajstić information content (AvgIpc) is 3.19. The van der Waals surface area contributed by atoms with Crippen molar-refractivity contribution in [2.75, 3.05) is 11.9 Å². The first-order chi connectivity index (χ1) is 11.4. The van der Waals surface area contributed by atoms with Gasteiger partial charge >= 0.3 is 0 Å². The van der Waals surface area contributed by atoms with Crippen molar-refractivity contribution in [1.29, 1.82) is 0 Å². The van der Waals surface area contributed by atoms with Crippen LogP contribution in [0.3, 0.4) is 0 Å². The van der Waals surface area contributed by atoms with Crippen LogP contribution in [-0.4, -0.2) is 37.1 Å². The van der Waals surface area contributed by atoms with Gasteiger partial charge in [0.05, 0.1) is 5.60 Å². The molecule has 0 fully saturated rings. The SMILES string of the molecule is CC(C)CCC(C)(O)CNc1ccc2nnc(-c3ccsc3)n2n1. The lowest BCUT2D eigenvalue weighted by Gasteiger charge is -2.24. The van der Waals surface area contributed by atoms with Crippen LogP contribution in [0, 0.1) is 5.92 Å². The number of fused-ring (bicyclic) bond motifs is 1. The zero-order valence-electron chi connectivity index (χ0n) is 14.2. The summed E-state index contributed by atoms with van der Waals surface area (Å²) < 4.78 is 1.73. The third-order valence-electron chi connectivity index (χ3n) is 3.95. The van der Waals surface area contributed by atoms with Crippen LogP contribution in [0.5, 0.6) is 0 Å². The highest BCUT2D eigenvalue weighted by Crippen LogP contribution is 2.21. The number of rotatable bonds is 7. The van der Waals surface area contributed by atoms with Crippen molar-refractivity contribution < 1.29 is 5.11 Å². The molecule has 1 unspecified atom stereocenters. The standard InChI is InChI=1S/C17H23N5OS/c1-12(2)6-8-17(3,23)11-18-14-4-5-15-19-20-16(22(15)21-14)13-7-9-24-10-13/h4-5,7,9-10,12,23H,6,8,11H2,1-3H3,(H,18,21). The quantitative estimate of drug-likeness (QED) is 0.686. The van der Waals surface area contributed by atoms with E-state index in [0.29, 0.717) is 23.9 Å². The molecule has 2 N–H and O–H groups in total. The fourth-order valence-corrected chi connectivity index (χ4v) is 3.06. The van der Waals surface area contributed by atoms with Gasteiger partial charge in [-0.05, 0) is 49.3 Å². The molecule has 3 rings (SSSR count). The second-order valence-corrected chi connectivity index (χ2v) is 7.59. The van der Waals surface area contributed by atoms with Crippen LogP contribution in [0.25, 0.3) is 17.0 Å². The number of thiophene rings is 1. The molecule has 0 spiro atoms. The number of nitrogens with zero attached hydrogens (tertiary/aromatic N) is 4. The zero-order chi connectivity index (χ0) is 17.2. The van der Waals surface area contributed by atoms with Crippen LogP contribution in [0.2, 0.25) is 0 Å². The molecule has 24 heavy (non-hydrogen) atoms. The van der Waals surface area contributed by atoms with Gasteiger partial charge in [0.1, 0.15) is 5.82 Å². The average molecular weight is 345 g/mol. The second-order valence-electron chi connectivity index (χ2n) is 6.81. The van der Waals surface area contributed by atoms with E-state index in [0.717, 1.165) is 24.2 Å². The van der Waals surface area contributed by atoms with Crippen molar-refractivity contribution >= 4 is 22.8 Å². The van der Waals surface area contributed by atoms with Gasteiger partial charge in [-0.3, -0.25) is 0 Å². The van der Waals surface area contributed by atoms with Crippen molar-refractivity contribution in [3.05, 3.63) is 29.0 Å². The minimum absolute atomic E-state index is 0.453. The number of aliphatic hydroxyl groups is 1. The summed E-state index contributed by atoms with van der Waals surface area (Å²) in [7, 11) is 0. The maximum Gasteiger partial charge on any atom is 0.186 e. The molecule has 0 saturated heterocycles. The Morgan fingerprint density at radius 2 is 2.12 bits per heavy atom. The Bertz CT molecular complexity index is 795. The van der Waals surface area contributed by atoms with E-state index in [2.05, 4.69) is 34.5 Å². The van der Waals surface area contributed by atoms with Crippen LogP contribution < -0.4 is 5.32 Å². The number of hydrogen-bond acceptors (Lipinski definition) is 6. The summed E-state index contributed by atoms with van der Waals surface area (Å²) in [6, 6.07) is 5.74. The highest BCUT2D eigenvalue weighted by molar-refractivity contribution is 7.08. The maximum absolute atomic E-state index is 10.5. The summed E-state index contributed by atoms with van der Waals surface area (Å²) in [5.74, 6) is 2.00. The van der Waals surface area contributed by atoms with Gasteiger partial charge in [-0.15, -0.1) is 15.3 Å². The molecule has 0 amide bonds. The molecule has 7 heteroatoms. The lowest BCUT2D eigenvalue weighted by atomic mass is 9.95. The summed E-state index contributed by atoms with van der Waals surface area (Å²) in [4.78, 5) is 0. The normalized spacial score (nSPS) is 14.2. The van der Waals surface area contributed by atoms with E-state index < -0.39 is 5.60 Å². The molecular formula is C17H23N5OS. The molecule has 1 atom stereocenters. The highest BCUT2D eigenvalue weighted by atomic mass is 32.1. The topological polar surface area (TPSA) is 75.3 Å². The molecule has 3 aromatic rings. The van der Waals surface area contributed by atoms with Gasteiger partial charge < -0.3 is 10.4 Å². The fraction of sp³-hybridized carbons (Fsp3) is 0.471. The van der Waals surface area contributed by atoms with Crippen molar-refractivity contribution in [3.8, 4) is 11.4 Å². The van der Waals surface area contributed by atoms with Gasteiger partial charge in [-0.25, -0.2) is 0 Å². The number of aromatic nitrogens is 4. The van der Waals surface area contributed by atoms with Gasteiger partial charge in [0, 0.05) is 17.5 Å². The molecular weight excluding hydrogens is 322 g/mol. The minimum atomic E-state index is -0.760. The monoisotopic (exact) mass is 345 g/mol. The number of nitrogens with one attached hydrogen (secondary N) is 1. The smallest absolute Gasteiger partial charge is 0.186 e. The lowest BCUT2D eigenvalue weighted by molar-refractivity contribution is 0.0585. The van der Waals surface area contributed by atoms with E-state index in [9.17, 15) is 5.11 Å². The molecule has 3 heterocycles. The third-order valence-corrected chi connectivity index (χ3v) is 4.64. The Morgan fingerprint density at radius 1 is 1.29 bits per heavy atom. The van der Waals surface area contributed by atoms with E-state index in [-0.39, 0.29) is 0 Å². The van der Waals surface area contributed by atoms with E-state index in [4.69, 9.17) is 0 Å². The third kappa shape index (κ3) is 3.91. The van der Waals surface area contributed by atoms with E-state index in [1.54, 1.807) is 15.9 Å². The van der Waals surface area contributed by atoms with Gasteiger partial charge in [0.2, 0.25) is 0 Å². The first-order valence-electron chi connectivity index (χ1n) is 8.16. The molecule has 3 aromatic heterocycles. The second kappa shape index (κ2) is 6.86. The van der Waals surface area contributed by atoms with Crippen LogP contribution in [-0.2, 0) is 0 Å². The van der Waals surface area contributed by atoms with E-state index in [1.807, 2.05) is 35.9 Å². The number of anilines is 1. The van der Waals surface area contributed by atoms with Crippen LogP contribution in [0.15, 0.2) is 29.0 Å². The molecule has 0 aliphatic carbocycles. The predicted molar refractivity (Wildman–Crippen MR) is 97.3 cm³/mol. The van der Waals surface area contributed by atoms with Gasteiger partial charge in [-0.2, -0.15) is 15.9 Å². The van der Waals surface area contributed by atoms with Crippen molar-refractivity contribution in [1.82, 2.24) is 19.8 Å². The van der Waals surface area contributed by atoms with Crippen molar-refractivity contribution in [3.63, 3.8) is 0 Å². The Kier molecular flexibility index (Phi) is 4.82. The van der Waals surface area contributed by atoms with Gasteiger partial charge in [-0.1, -0.05) is 13.8 Å². The lowest BCUT2D eigenvalue weighted by Crippen LogP contribution is -2.34. The summed E-state index contributed by atoms with van der Waals surface area (Å²) in [6.07, 6.45) is 1.75. The Labute approximate surface area is 145 Å². The largest absolute Gasteiger partial charge is 0.388 e. The van der Waals surface area contributed by atoms with Crippen LogP contribution in [0.4, 0.5) is 5.82 Å². The molecule has 128 valence electrons. The summed E-state index contributed by atoms with van der Waals surface area (Å²) in [5.41, 5.74) is 0.944. The fourth-order valence-electron chi connectivity index (χ4n) is 2.42. The first kappa shape index (κ1) is 16.9. The Hall–Kier alpha value is -1.99. The molecule has 0 aromatic carbocycles. The number of hydrogen-bond donors (Lipinski definition) is 2. The molecule has 0 bridgehead atoms. The minimum Gasteiger partial charge on any atom is -0.388 e. The molecule has 0 radical (unpaired) electrons. The molecule has 6 nitrogen and oxygen atoms in total. The van der Waals surface area contributed by atoms with Crippen molar-refractivity contribution in [2.45, 2.75) is 39.2 Å². The maximum atomic E-state index is 10.5. The first-order valence-corrected chi connectivity index (χ1v) is 9.10. The van der Waals surface area contributed by atoms with E-state index >= 15 is 0 Å². The van der Waals surface area contributed by atoms with Gasteiger partial charge in [0.25, 0.3) is 0 Å². The molecule has 0 aliphatic rings.